The van der Waals surface area contributed by atoms with Gasteiger partial charge in [0.1, 0.15) is 6.61 Å². The first kappa shape index (κ1) is 29.1. The fraction of sp³-hybridized carbons (Fsp3) is 0.767. The SMILES string of the molecule is C=C1CC[C@H](O)C/C1=C/C=C1\CCC[C@]2(C)[C@@H]([C@H](C)C(CC(O)C(C)(C)O)C(=O)OCCN)CC[C@@H]12. The van der Waals surface area contributed by atoms with Crippen molar-refractivity contribution in [2.45, 2.75) is 103 Å². The molecule has 3 aliphatic carbocycles. The summed E-state index contributed by atoms with van der Waals surface area (Å²) < 4.78 is 5.46. The zero-order chi connectivity index (χ0) is 26.7. The molecule has 3 fully saturated rings. The Bertz CT molecular complexity index is 856. The summed E-state index contributed by atoms with van der Waals surface area (Å²) in [4.78, 5) is 13.1. The predicted octanol–water partition coefficient (Wildman–Crippen LogP) is 4.43. The Hall–Kier alpha value is -1.47. The number of carbonyl (C=O) groups is 1. The molecule has 6 heteroatoms. The van der Waals surface area contributed by atoms with E-state index in [-0.39, 0.29) is 43.0 Å². The molecule has 0 radical (unpaired) electrons. The molecule has 0 aliphatic heterocycles. The topological polar surface area (TPSA) is 113 Å². The number of allylic oxidation sites excluding steroid dienone is 4. The Labute approximate surface area is 217 Å². The van der Waals surface area contributed by atoms with Gasteiger partial charge in [0.25, 0.3) is 0 Å². The van der Waals surface area contributed by atoms with Gasteiger partial charge in [-0.3, -0.25) is 4.79 Å². The summed E-state index contributed by atoms with van der Waals surface area (Å²) in [6.45, 7) is 12.3. The van der Waals surface area contributed by atoms with E-state index in [2.05, 4.69) is 32.6 Å². The highest BCUT2D eigenvalue weighted by atomic mass is 16.5. The fourth-order valence-corrected chi connectivity index (χ4v) is 7.14. The second kappa shape index (κ2) is 11.9. The Kier molecular flexibility index (Phi) is 9.64. The van der Waals surface area contributed by atoms with Crippen LogP contribution >= 0.6 is 0 Å². The molecular weight excluding hydrogens is 454 g/mol. The first-order valence-electron chi connectivity index (χ1n) is 13.9. The molecule has 2 unspecified atom stereocenters. The average Bonchev–Trinajstić information content (AvgIpc) is 3.17. The van der Waals surface area contributed by atoms with Crippen molar-refractivity contribution in [2.24, 2.45) is 34.8 Å². The first-order valence-corrected chi connectivity index (χ1v) is 13.9. The van der Waals surface area contributed by atoms with Crippen molar-refractivity contribution < 1.29 is 24.9 Å². The summed E-state index contributed by atoms with van der Waals surface area (Å²) in [5, 5.41) is 31.1. The molecule has 0 aromatic heterocycles. The molecule has 0 spiro atoms. The van der Waals surface area contributed by atoms with Gasteiger partial charge in [0, 0.05) is 6.54 Å². The van der Waals surface area contributed by atoms with Crippen LogP contribution < -0.4 is 5.73 Å². The van der Waals surface area contributed by atoms with Crippen LogP contribution in [0, 0.1) is 29.1 Å². The van der Waals surface area contributed by atoms with Gasteiger partial charge in [-0.15, -0.1) is 0 Å². The number of aliphatic hydroxyl groups is 3. The van der Waals surface area contributed by atoms with Crippen molar-refractivity contribution in [1.29, 1.82) is 0 Å². The Morgan fingerprint density at radius 3 is 2.67 bits per heavy atom. The third-order valence-corrected chi connectivity index (χ3v) is 9.45. The number of carbonyl (C=O) groups excluding carboxylic acids is 1. The molecule has 5 N–H and O–H groups in total. The summed E-state index contributed by atoms with van der Waals surface area (Å²) >= 11 is 0. The van der Waals surface area contributed by atoms with Crippen LogP contribution in [-0.4, -0.2) is 52.2 Å². The van der Waals surface area contributed by atoms with Crippen LogP contribution in [0.25, 0.3) is 0 Å². The number of hydrogen-bond donors (Lipinski definition) is 4. The standard InChI is InChI=1S/C30H49NO5/c1-19-8-11-23(32)17-22(19)10-9-21-7-6-14-30(5)25(12-13-26(21)30)20(2)24(28(34)36-16-15-31)18-27(33)29(3,4)35/h9-10,20,23-27,32-33,35H,1,6-8,11-18,31H2,2-5H3/b21-9+,22-10-/t20-,23+,24?,25-,26+,27?,30-/m1/s1. The van der Waals surface area contributed by atoms with Crippen LogP contribution in [-0.2, 0) is 9.53 Å². The van der Waals surface area contributed by atoms with Gasteiger partial charge in [0.15, 0.2) is 0 Å². The smallest absolute Gasteiger partial charge is 0.309 e. The van der Waals surface area contributed by atoms with Crippen molar-refractivity contribution in [1.82, 2.24) is 0 Å². The van der Waals surface area contributed by atoms with Crippen molar-refractivity contribution in [2.75, 3.05) is 13.2 Å². The summed E-state index contributed by atoms with van der Waals surface area (Å²) in [7, 11) is 0. The minimum Gasteiger partial charge on any atom is -0.464 e. The van der Waals surface area contributed by atoms with Crippen molar-refractivity contribution in [3.8, 4) is 0 Å². The molecular formula is C30H49NO5. The van der Waals surface area contributed by atoms with E-state index in [0.29, 0.717) is 18.3 Å². The van der Waals surface area contributed by atoms with Crippen LogP contribution in [0.4, 0.5) is 0 Å². The van der Waals surface area contributed by atoms with Crippen LogP contribution in [0.1, 0.15) is 85.5 Å². The van der Waals surface area contributed by atoms with Crippen LogP contribution in [0.15, 0.2) is 35.5 Å². The number of esters is 1. The van der Waals surface area contributed by atoms with E-state index < -0.39 is 17.6 Å². The van der Waals surface area contributed by atoms with E-state index in [1.165, 1.54) is 11.1 Å². The van der Waals surface area contributed by atoms with Gasteiger partial charge in [0.05, 0.1) is 23.7 Å². The third kappa shape index (κ3) is 6.50. The van der Waals surface area contributed by atoms with Crippen molar-refractivity contribution >= 4 is 5.97 Å². The highest BCUT2D eigenvalue weighted by Crippen LogP contribution is 2.60. The lowest BCUT2D eigenvalue weighted by Gasteiger charge is -2.46. The number of fused-ring (bicyclic) bond motifs is 1. The van der Waals surface area contributed by atoms with Crippen molar-refractivity contribution in [3.05, 3.63) is 35.5 Å². The Morgan fingerprint density at radius 2 is 2.00 bits per heavy atom. The summed E-state index contributed by atoms with van der Waals surface area (Å²) in [6.07, 6.45) is 11.1. The summed E-state index contributed by atoms with van der Waals surface area (Å²) in [5.41, 5.74) is 8.12. The lowest BCUT2D eigenvalue weighted by molar-refractivity contribution is -0.155. The summed E-state index contributed by atoms with van der Waals surface area (Å²) in [5.74, 6) is -0.0451. The van der Waals surface area contributed by atoms with E-state index in [4.69, 9.17) is 10.5 Å². The molecule has 3 saturated carbocycles. The molecule has 7 atom stereocenters. The largest absolute Gasteiger partial charge is 0.464 e. The second-order valence-electron chi connectivity index (χ2n) is 12.4. The highest BCUT2D eigenvalue weighted by molar-refractivity contribution is 5.73. The molecule has 204 valence electrons. The molecule has 0 heterocycles. The third-order valence-electron chi connectivity index (χ3n) is 9.45. The zero-order valence-corrected chi connectivity index (χ0v) is 22.8. The van der Waals surface area contributed by atoms with E-state index in [1.54, 1.807) is 13.8 Å². The van der Waals surface area contributed by atoms with Crippen LogP contribution in [0.2, 0.25) is 0 Å². The Morgan fingerprint density at radius 1 is 1.28 bits per heavy atom. The molecule has 0 bridgehead atoms. The highest BCUT2D eigenvalue weighted by Gasteiger charge is 2.53. The molecule has 3 aliphatic rings. The maximum absolute atomic E-state index is 13.1. The number of hydrogen-bond acceptors (Lipinski definition) is 6. The molecule has 6 nitrogen and oxygen atoms in total. The molecule has 3 rings (SSSR count). The quantitative estimate of drug-likeness (QED) is 0.346. The number of ether oxygens (including phenoxy) is 1. The Balaban J connectivity index is 1.83. The lowest BCUT2D eigenvalue weighted by Crippen LogP contribution is -2.44. The van der Waals surface area contributed by atoms with Crippen molar-refractivity contribution in [3.63, 3.8) is 0 Å². The monoisotopic (exact) mass is 503 g/mol. The molecule has 0 amide bonds. The summed E-state index contributed by atoms with van der Waals surface area (Å²) in [6, 6.07) is 0. The molecule has 0 saturated heterocycles. The lowest BCUT2D eigenvalue weighted by atomic mass is 9.59. The minimum absolute atomic E-state index is 0.00764. The van der Waals surface area contributed by atoms with Gasteiger partial charge in [-0.25, -0.2) is 0 Å². The molecule has 0 aromatic rings. The zero-order valence-electron chi connectivity index (χ0n) is 22.8. The molecule has 0 aromatic carbocycles. The van der Waals surface area contributed by atoms with Gasteiger partial charge in [0.2, 0.25) is 0 Å². The van der Waals surface area contributed by atoms with Crippen LogP contribution in [0.5, 0.6) is 0 Å². The number of nitrogens with two attached hydrogens (primary N) is 1. The molecule has 36 heavy (non-hydrogen) atoms. The normalized spacial score (nSPS) is 33.9. The van der Waals surface area contributed by atoms with Gasteiger partial charge < -0.3 is 25.8 Å². The van der Waals surface area contributed by atoms with Gasteiger partial charge >= 0.3 is 5.97 Å². The van der Waals surface area contributed by atoms with Gasteiger partial charge in [-0.1, -0.05) is 43.7 Å². The fourth-order valence-electron chi connectivity index (χ4n) is 7.14. The minimum atomic E-state index is -1.29. The average molecular weight is 504 g/mol. The van der Waals surface area contributed by atoms with E-state index in [0.717, 1.165) is 50.5 Å². The number of aliphatic hydroxyl groups excluding tert-OH is 2. The van der Waals surface area contributed by atoms with E-state index >= 15 is 0 Å². The van der Waals surface area contributed by atoms with Gasteiger partial charge in [-0.2, -0.15) is 0 Å². The van der Waals surface area contributed by atoms with Gasteiger partial charge in [-0.05, 0) is 100 Å². The maximum atomic E-state index is 13.1. The van der Waals surface area contributed by atoms with E-state index in [9.17, 15) is 20.1 Å². The van der Waals surface area contributed by atoms with E-state index in [1.807, 2.05) is 0 Å². The second-order valence-corrected chi connectivity index (χ2v) is 12.4. The first-order chi connectivity index (χ1) is 16.9. The predicted molar refractivity (Wildman–Crippen MR) is 143 cm³/mol. The maximum Gasteiger partial charge on any atom is 0.309 e. The number of rotatable bonds is 9. The van der Waals surface area contributed by atoms with Crippen LogP contribution in [0.3, 0.4) is 0 Å².